The van der Waals surface area contributed by atoms with E-state index in [-0.39, 0.29) is 12.6 Å². The number of imidazole rings is 1. The number of hydrogen-bond acceptors (Lipinski definition) is 6. The van der Waals surface area contributed by atoms with Crippen LogP contribution in [0.1, 0.15) is 18.5 Å². The molecule has 3 aromatic heterocycles. The van der Waals surface area contributed by atoms with Gasteiger partial charge in [-0.1, -0.05) is 0 Å². The Morgan fingerprint density at radius 2 is 2.20 bits per heavy atom. The maximum absolute atomic E-state index is 9.49. The Balaban J connectivity index is 1.48. The average molecular weight is 403 g/mol. The lowest BCUT2D eigenvalue weighted by atomic mass is 10.2. The molecule has 0 amide bonds. The Hall–Kier alpha value is -2.19. The zero-order valence-electron chi connectivity index (χ0n) is 13.6. The highest BCUT2D eigenvalue weighted by atomic mass is 79.9. The molecular weight excluding hydrogens is 384 g/mol. The monoisotopic (exact) mass is 402 g/mol. The number of rotatable bonds is 5. The summed E-state index contributed by atoms with van der Waals surface area (Å²) in [5.74, 6) is 1.61. The first-order valence-corrected chi connectivity index (χ1v) is 9.09. The number of aromatic nitrogens is 4. The number of aliphatic hydroxyl groups excluding tert-OH is 1. The van der Waals surface area contributed by atoms with Crippen molar-refractivity contribution in [2.24, 2.45) is 0 Å². The number of anilines is 2. The van der Waals surface area contributed by atoms with E-state index in [2.05, 4.69) is 41.1 Å². The molecule has 1 aliphatic rings. The standard InChI is InChI=1S/C17H19BrN6O/c18-12-3-4-16-22-13(9-23(16)8-12)7-19-15-6-17(21-11-20-15)24-5-1-2-14(24)10-25/h3-4,6,8-9,11,14,25H,1-2,5,7,10H2,(H,19,20,21). The molecule has 1 atom stereocenters. The minimum atomic E-state index is 0.152. The van der Waals surface area contributed by atoms with E-state index in [1.807, 2.05) is 35.0 Å². The molecule has 8 heteroatoms. The van der Waals surface area contributed by atoms with E-state index < -0.39 is 0 Å². The summed E-state index contributed by atoms with van der Waals surface area (Å²) in [6, 6.07) is 6.03. The van der Waals surface area contributed by atoms with Gasteiger partial charge < -0.3 is 19.7 Å². The van der Waals surface area contributed by atoms with Crippen molar-refractivity contribution < 1.29 is 5.11 Å². The molecular formula is C17H19BrN6O. The van der Waals surface area contributed by atoms with E-state index in [1.165, 1.54) is 0 Å². The minimum Gasteiger partial charge on any atom is -0.394 e. The third kappa shape index (κ3) is 3.45. The van der Waals surface area contributed by atoms with Crippen LogP contribution in [0, 0.1) is 0 Å². The van der Waals surface area contributed by atoms with Crippen LogP contribution in [0.3, 0.4) is 0 Å². The number of halogens is 1. The maximum atomic E-state index is 9.49. The van der Waals surface area contributed by atoms with Gasteiger partial charge >= 0.3 is 0 Å². The number of nitrogens with zero attached hydrogens (tertiary/aromatic N) is 5. The molecule has 0 aromatic carbocycles. The van der Waals surface area contributed by atoms with Crippen molar-refractivity contribution in [2.75, 3.05) is 23.4 Å². The molecule has 2 N–H and O–H groups in total. The normalized spacial score (nSPS) is 17.4. The first-order chi connectivity index (χ1) is 12.2. The molecule has 3 aromatic rings. The summed E-state index contributed by atoms with van der Waals surface area (Å²) in [5, 5.41) is 12.8. The highest BCUT2D eigenvalue weighted by molar-refractivity contribution is 9.10. The second-order valence-corrected chi connectivity index (χ2v) is 7.05. The highest BCUT2D eigenvalue weighted by Gasteiger charge is 2.25. The lowest BCUT2D eigenvalue weighted by molar-refractivity contribution is 0.266. The summed E-state index contributed by atoms with van der Waals surface area (Å²) in [5.41, 5.74) is 1.85. The predicted molar refractivity (Wildman–Crippen MR) is 99.7 cm³/mol. The highest BCUT2D eigenvalue weighted by Crippen LogP contribution is 2.24. The molecule has 130 valence electrons. The van der Waals surface area contributed by atoms with Crippen molar-refractivity contribution in [3.8, 4) is 0 Å². The van der Waals surface area contributed by atoms with Gasteiger partial charge in [0.1, 0.15) is 23.6 Å². The second-order valence-electron chi connectivity index (χ2n) is 6.13. The van der Waals surface area contributed by atoms with E-state index in [9.17, 15) is 5.11 Å². The van der Waals surface area contributed by atoms with Crippen molar-refractivity contribution in [3.63, 3.8) is 0 Å². The zero-order valence-corrected chi connectivity index (χ0v) is 15.2. The fraction of sp³-hybridized carbons (Fsp3) is 0.353. The number of fused-ring (bicyclic) bond motifs is 1. The number of hydrogen-bond donors (Lipinski definition) is 2. The van der Waals surface area contributed by atoms with Crippen LogP contribution < -0.4 is 10.2 Å². The fourth-order valence-electron chi connectivity index (χ4n) is 3.21. The molecule has 0 spiro atoms. The summed E-state index contributed by atoms with van der Waals surface area (Å²) in [4.78, 5) is 15.4. The van der Waals surface area contributed by atoms with Gasteiger partial charge in [0.2, 0.25) is 0 Å². The lowest BCUT2D eigenvalue weighted by Gasteiger charge is -2.24. The van der Waals surface area contributed by atoms with E-state index in [1.54, 1.807) is 6.33 Å². The third-order valence-corrected chi connectivity index (χ3v) is 4.92. The molecule has 0 aliphatic carbocycles. The molecule has 0 saturated carbocycles. The Labute approximate surface area is 153 Å². The molecule has 7 nitrogen and oxygen atoms in total. The lowest BCUT2D eigenvalue weighted by Crippen LogP contribution is -2.32. The van der Waals surface area contributed by atoms with Gasteiger partial charge in [-0.15, -0.1) is 0 Å². The fourth-order valence-corrected chi connectivity index (χ4v) is 3.56. The summed E-state index contributed by atoms with van der Waals surface area (Å²) >= 11 is 3.46. The van der Waals surface area contributed by atoms with Crippen molar-refractivity contribution in [2.45, 2.75) is 25.4 Å². The van der Waals surface area contributed by atoms with Gasteiger partial charge in [0.25, 0.3) is 0 Å². The van der Waals surface area contributed by atoms with Gasteiger partial charge in [0, 0.05) is 29.5 Å². The van der Waals surface area contributed by atoms with Gasteiger partial charge in [0.15, 0.2) is 0 Å². The van der Waals surface area contributed by atoms with Crippen LogP contribution in [0.15, 0.2) is 41.4 Å². The topological polar surface area (TPSA) is 78.6 Å². The number of pyridine rings is 1. The number of aliphatic hydroxyl groups is 1. The van der Waals surface area contributed by atoms with Gasteiger partial charge in [-0.2, -0.15) is 0 Å². The maximum Gasteiger partial charge on any atom is 0.137 e. The summed E-state index contributed by atoms with van der Waals surface area (Å²) in [6.07, 6.45) is 7.62. The Kier molecular flexibility index (Phi) is 4.54. The summed E-state index contributed by atoms with van der Waals surface area (Å²) in [7, 11) is 0. The van der Waals surface area contributed by atoms with E-state index in [0.29, 0.717) is 6.54 Å². The van der Waals surface area contributed by atoms with Crippen LogP contribution in [0.2, 0.25) is 0 Å². The molecule has 1 fully saturated rings. The molecule has 25 heavy (non-hydrogen) atoms. The predicted octanol–water partition coefficient (Wildman–Crippen LogP) is 2.46. The minimum absolute atomic E-state index is 0.152. The molecule has 1 unspecified atom stereocenters. The van der Waals surface area contributed by atoms with E-state index in [0.717, 1.165) is 46.8 Å². The number of nitrogens with one attached hydrogen (secondary N) is 1. The SMILES string of the molecule is OCC1CCCN1c1cc(NCc2cn3cc(Br)ccc3n2)ncn1. The Morgan fingerprint density at radius 3 is 3.08 bits per heavy atom. The van der Waals surface area contributed by atoms with Crippen molar-refractivity contribution in [1.82, 2.24) is 19.4 Å². The first-order valence-electron chi connectivity index (χ1n) is 8.29. The van der Waals surface area contributed by atoms with Gasteiger partial charge in [-0.25, -0.2) is 15.0 Å². The van der Waals surface area contributed by atoms with Crippen LogP contribution in [-0.4, -0.2) is 43.7 Å². The molecule has 0 bridgehead atoms. The van der Waals surface area contributed by atoms with Crippen LogP contribution in [0.25, 0.3) is 5.65 Å². The van der Waals surface area contributed by atoms with Gasteiger partial charge in [-0.05, 0) is 40.9 Å². The van der Waals surface area contributed by atoms with Crippen LogP contribution in [0.5, 0.6) is 0 Å². The Bertz CT molecular complexity index is 882. The molecule has 1 aliphatic heterocycles. The van der Waals surface area contributed by atoms with Crippen LogP contribution in [-0.2, 0) is 6.54 Å². The van der Waals surface area contributed by atoms with Crippen molar-refractivity contribution in [1.29, 1.82) is 0 Å². The van der Waals surface area contributed by atoms with E-state index >= 15 is 0 Å². The van der Waals surface area contributed by atoms with E-state index in [4.69, 9.17) is 0 Å². The largest absolute Gasteiger partial charge is 0.394 e. The van der Waals surface area contributed by atoms with Gasteiger partial charge in [0.05, 0.1) is 24.9 Å². The van der Waals surface area contributed by atoms with Crippen LogP contribution in [0.4, 0.5) is 11.6 Å². The second kappa shape index (κ2) is 6.97. The molecule has 4 rings (SSSR count). The van der Waals surface area contributed by atoms with Gasteiger partial charge in [-0.3, -0.25) is 0 Å². The summed E-state index contributed by atoms with van der Waals surface area (Å²) in [6.45, 7) is 1.66. The van der Waals surface area contributed by atoms with Crippen molar-refractivity contribution >= 4 is 33.2 Å². The quantitative estimate of drug-likeness (QED) is 0.682. The molecule has 1 saturated heterocycles. The smallest absolute Gasteiger partial charge is 0.137 e. The Morgan fingerprint density at radius 1 is 1.28 bits per heavy atom. The zero-order chi connectivity index (χ0) is 17.2. The molecule has 4 heterocycles. The van der Waals surface area contributed by atoms with Crippen LogP contribution >= 0.6 is 15.9 Å². The first kappa shape index (κ1) is 16.3. The average Bonchev–Trinajstić information content (AvgIpc) is 3.26. The van der Waals surface area contributed by atoms with Crippen molar-refractivity contribution in [3.05, 3.63) is 47.1 Å². The molecule has 0 radical (unpaired) electrons. The summed E-state index contributed by atoms with van der Waals surface area (Å²) < 4.78 is 3.00. The third-order valence-electron chi connectivity index (χ3n) is 4.45.